The van der Waals surface area contributed by atoms with Crippen LogP contribution in [-0.4, -0.2) is 23.8 Å². The number of hydrogen-bond donors (Lipinski definition) is 2. The fraction of sp³-hybridized carbons (Fsp3) is 0.235. The number of carbonyl (C=O) groups is 1. The highest BCUT2D eigenvalue weighted by molar-refractivity contribution is 5.93. The Morgan fingerprint density at radius 1 is 1.30 bits per heavy atom. The third kappa shape index (κ3) is 3.12. The normalized spacial score (nSPS) is 17.0. The molecule has 120 valence electrons. The summed E-state index contributed by atoms with van der Waals surface area (Å²) in [6.07, 6.45) is 0. The molecule has 23 heavy (non-hydrogen) atoms. The van der Waals surface area contributed by atoms with E-state index in [1.165, 1.54) is 12.1 Å². The first-order valence-corrected chi connectivity index (χ1v) is 7.31. The van der Waals surface area contributed by atoms with Crippen LogP contribution in [0.4, 0.5) is 10.1 Å². The number of nitrogens with one attached hydrogen (secondary N) is 1. The van der Waals surface area contributed by atoms with Crippen LogP contribution in [0.25, 0.3) is 0 Å². The molecule has 1 amide bonds. The molecule has 2 aromatic carbocycles. The molecular weight excluding hydrogens is 299 g/mol. The molecule has 2 N–H and O–H groups in total. The minimum Gasteiger partial charge on any atom is -0.491 e. The van der Waals surface area contributed by atoms with Crippen molar-refractivity contribution in [3.8, 4) is 5.75 Å². The summed E-state index contributed by atoms with van der Waals surface area (Å²) in [7, 11) is 0. The van der Waals surface area contributed by atoms with Gasteiger partial charge >= 0.3 is 0 Å². The van der Waals surface area contributed by atoms with Gasteiger partial charge in [0.15, 0.2) is 0 Å². The van der Waals surface area contributed by atoms with Crippen molar-refractivity contribution in [3.05, 3.63) is 59.4 Å². The maximum atomic E-state index is 13.1. The van der Waals surface area contributed by atoms with Gasteiger partial charge in [-0.1, -0.05) is 6.07 Å². The molecule has 0 aliphatic carbocycles. The average Bonchev–Trinajstić information content (AvgIpc) is 2.74. The van der Waals surface area contributed by atoms with Crippen molar-refractivity contribution in [2.45, 2.75) is 19.5 Å². The molecule has 1 heterocycles. The first-order valence-electron chi connectivity index (χ1n) is 7.31. The predicted octanol–water partition coefficient (Wildman–Crippen LogP) is 2.73. The Balaban J connectivity index is 1.92. The lowest BCUT2D eigenvalue weighted by Gasteiger charge is -2.28. The van der Waals surface area contributed by atoms with Crippen LogP contribution in [0.1, 0.15) is 22.8 Å². The largest absolute Gasteiger partial charge is 0.491 e. The summed E-state index contributed by atoms with van der Waals surface area (Å²) in [4.78, 5) is 13.6. The lowest BCUT2D eigenvalue weighted by atomic mass is 10.1. The van der Waals surface area contributed by atoms with Crippen molar-refractivity contribution in [1.29, 1.82) is 0 Å². The third-order valence-electron chi connectivity index (χ3n) is 3.94. The number of hydroxylamine groups is 1. The second-order valence-electron chi connectivity index (χ2n) is 5.53. The molecule has 0 bridgehead atoms. The van der Waals surface area contributed by atoms with E-state index in [9.17, 15) is 9.18 Å². The van der Waals surface area contributed by atoms with Crippen LogP contribution in [0.15, 0.2) is 42.5 Å². The standard InChI is InChI=1S/C17H17FN2O3/c1-11-10-23-16-8-12(17(21)19-22)2-3-13(16)9-20(11)15-6-4-14(18)5-7-15/h2-8,11,22H,9-10H2,1H3,(H,19,21)/t11-/m1/s1. The number of hydrogen-bond acceptors (Lipinski definition) is 4. The van der Waals surface area contributed by atoms with Crippen LogP contribution >= 0.6 is 0 Å². The molecule has 0 saturated carbocycles. The summed E-state index contributed by atoms with van der Waals surface area (Å²) in [5.74, 6) is -0.237. The van der Waals surface area contributed by atoms with Gasteiger partial charge in [-0.15, -0.1) is 0 Å². The maximum absolute atomic E-state index is 13.1. The average molecular weight is 316 g/mol. The molecule has 1 aliphatic rings. The Bertz CT molecular complexity index is 718. The van der Waals surface area contributed by atoms with Crippen molar-refractivity contribution in [2.24, 2.45) is 0 Å². The number of benzene rings is 2. The summed E-state index contributed by atoms with van der Waals surface area (Å²) in [5.41, 5.74) is 3.77. The quantitative estimate of drug-likeness (QED) is 0.660. The van der Waals surface area contributed by atoms with Gasteiger partial charge in [0.2, 0.25) is 0 Å². The molecule has 0 fully saturated rings. The highest BCUT2D eigenvalue weighted by atomic mass is 19.1. The molecule has 1 atom stereocenters. The van der Waals surface area contributed by atoms with E-state index in [1.807, 2.05) is 6.92 Å². The zero-order valence-electron chi connectivity index (χ0n) is 12.6. The molecule has 0 radical (unpaired) electrons. The van der Waals surface area contributed by atoms with E-state index in [2.05, 4.69) is 4.90 Å². The Kier molecular flexibility index (Phi) is 4.16. The van der Waals surface area contributed by atoms with Crippen LogP contribution in [0.5, 0.6) is 5.75 Å². The van der Waals surface area contributed by atoms with E-state index >= 15 is 0 Å². The number of nitrogens with zero attached hydrogens (tertiary/aromatic N) is 1. The van der Waals surface area contributed by atoms with Gasteiger partial charge in [-0.3, -0.25) is 10.0 Å². The molecule has 3 rings (SSSR count). The second-order valence-corrected chi connectivity index (χ2v) is 5.53. The van der Waals surface area contributed by atoms with Crippen molar-refractivity contribution >= 4 is 11.6 Å². The summed E-state index contributed by atoms with van der Waals surface area (Å²) in [6.45, 7) is 3.05. The Morgan fingerprint density at radius 3 is 2.74 bits per heavy atom. The predicted molar refractivity (Wildman–Crippen MR) is 83.2 cm³/mol. The molecule has 0 saturated heterocycles. The van der Waals surface area contributed by atoms with Crippen LogP contribution in [0.3, 0.4) is 0 Å². The third-order valence-corrected chi connectivity index (χ3v) is 3.94. The zero-order valence-corrected chi connectivity index (χ0v) is 12.6. The smallest absolute Gasteiger partial charge is 0.274 e. The molecule has 0 spiro atoms. The first kappa shape index (κ1) is 15.3. The number of fused-ring (bicyclic) bond motifs is 1. The summed E-state index contributed by atoms with van der Waals surface area (Å²) >= 11 is 0. The van der Waals surface area contributed by atoms with E-state index < -0.39 is 5.91 Å². The number of amides is 1. The minimum absolute atomic E-state index is 0.0861. The fourth-order valence-corrected chi connectivity index (χ4v) is 2.64. The number of carbonyl (C=O) groups excluding carboxylic acids is 1. The van der Waals surface area contributed by atoms with E-state index in [4.69, 9.17) is 9.94 Å². The summed E-state index contributed by atoms with van der Waals surface area (Å²) < 4.78 is 18.9. The van der Waals surface area contributed by atoms with Gasteiger partial charge in [-0.25, -0.2) is 9.87 Å². The topological polar surface area (TPSA) is 61.8 Å². The van der Waals surface area contributed by atoms with Crippen LogP contribution in [0, 0.1) is 5.82 Å². The van der Waals surface area contributed by atoms with Gasteiger partial charge in [-0.05, 0) is 43.3 Å². The first-order chi connectivity index (χ1) is 11.1. The van der Waals surface area contributed by atoms with Crippen molar-refractivity contribution in [2.75, 3.05) is 11.5 Å². The SMILES string of the molecule is C[C@@H]1COc2cc(C(=O)NO)ccc2CN1c1ccc(F)cc1. The Morgan fingerprint density at radius 2 is 2.04 bits per heavy atom. The number of rotatable bonds is 2. The number of ether oxygens (including phenoxy) is 1. The molecular formula is C17H17FN2O3. The molecule has 5 nitrogen and oxygen atoms in total. The molecule has 1 aliphatic heterocycles. The Hall–Kier alpha value is -2.60. The van der Waals surface area contributed by atoms with E-state index in [1.54, 1.807) is 35.8 Å². The molecule has 0 unspecified atom stereocenters. The van der Waals surface area contributed by atoms with Gasteiger partial charge < -0.3 is 9.64 Å². The second kappa shape index (κ2) is 6.26. The van der Waals surface area contributed by atoms with Gasteiger partial charge in [-0.2, -0.15) is 0 Å². The summed E-state index contributed by atoms with van der Waals surface area (Å²) in [5, 5.41) is 8.72. The van der Waals surface area contributed by atoms with Crippen LogP contribution in [0.2, 0.25) is 0 Å². The fourth-order valence-electron chi connectivity index (χ4n) is 2.64. The zero-order chi connectivity index (χ0) is 16.4. The van der Waals surface area contributed by atoms with E-state index in [0.717, 1.165) is 11.3 Å². The highest BCUT2D eigenvalue weighted by Gasteiger charge is 2.22. The van der Waals surface area contributed by atoms with Crippen molar-refractivity contribution < 1.29 is 19.1 Å². The van der Waals surface area contributed by atoms with Crippen molar-refractivity contribution in [3.63, 3.8) is 0 Å². The van der Waals surface area contributed by atoms with E-state index in [-0.39, 0.29) is 11.9 Å². The molecule has 2 aromatic rings. The lowest BCUT2D eigenvalue weighted by molar-refractivity contribution is 0.0706. The lowest BCUT2D eigenvalue weighted by Crippen LogP contribution is -2.34. The van der Waals surface area contributed by atoms with Gasteiger partial charge in [0.25, 0.3) is 5.91 Å². The van der Waals surface area contributed by atoms with Crippen molar-refractivity contribution in [1.82, 2.24) is 5.48 Å². The maximum Gasteiger partial charge on any atom is 0.274 e. The van der Waals surface area contributed by atoms with E-state index in [0.29, 0.717) is 24.5 Å². The van der Waals surface area contributed by atoms with Gasteiger partial charge in [0.05, 0.1) is 6.04 Å². The van der Waals surface area contributed by atoms with Gasteiger partial charge in [0.1, 0.15) is 18.2 Å². The summed E-state index contributed by atoms with van der Waals surface area (Å²) in [6, 6.07) is 11.5. The van der Waals surface area contributed by atoms with Crippen LogP contribution < -0.4 is 15.1 Å². The molecule has 0 aromatic heterocycles. The Labute approximate surface area is 133 Å². The number of halogens is 1. The molecule has 6 heteroatoms. The van der Waals surface area contributed by atoms with Crippen LogP contribution in [-0.2, 0) is 6.54 Å². The number of anilines is 1. The minimum atomic E-state index is -0.580. The van der Waals surface area contributed by atoms with Gasteiger partial charge in [0, 0.05) is 23.4 Å². The monoisotopic (exact) mass is 316 g/mol. The highest BCUT2D eigenvalue weighted by Crippen LogP contribution is 2.29.